The number of hydrogen-bond acceptors (Lipinski definition) is 1. The highest BCUT2D eigenvalue weighted by atomic mass is 32.2. The minimum atomic E-state index is -2.57. The van der Waals surface area contributed by atoms with Gasteiger partial charge in [-0.3, -0.25) is 0 Å². The number of halogens is 2. The molecule has 1 aliphatic carbocycles. The molecular weight excluding hydrogens is 232 g/mol. The van der Waals surface area contributed by atoms with Crippen molar-refractivity contribution in [2.24, 2.45) is 10.3 Å². The minimum Gasteiger partial charge on any atom is -0.234 e. The lowest BCUT2D eigenvalue weighted by molar-refractivity contribution is -0.0420. The number of rotatable bonds is 2. The van der Waals surface area contributed by atoms with Crippen molar-refractivity contribution in [2.75, 3.05) is 0 Å². The second-order valence-electron chi connectivity index (χ2n) is 5.33. The fraction of sp³-hybridized carbons (Fsp3) is 0.909. The number of hydrogen-bond donors (Lipinski definition) is 0. The smallest absolute Gasteiger partial charge is 0.234 e. The van der Waals surface area contributed by atoms with Crippen LogP contribution < -0.4 is 0 Å². The van der Waals surface area contributed by atoms with Crippen molar-refractivity contribution in [1.82, 2.24) is 0 Å². The molecule has 0 unspecified atom stereocenters. The summed E-state index contributed by atoms with van der Waals surface area (Å²) in [5.41, 5.74) is 0. The van der Waals surface area contributed by atoms with Crippen LogP contribution in [0.2, 0.25) is 0 Å². The molecule has 1 aliphatic rings. The van der Waals surface area contributed by atoms with E-state index in [1.807, 2.05) is 20.8 Å². The first-order valence-electron chi connectivity index (χ1n) is 5.55. The molecule has 0 radical (unpaired) electrons. The van der Waals surface area contributed by atoms with Gasteiger partial charge in [0.1, 0.15) is 11.0 Å². The zero-order valence-electron chi connectivity index (χ0n) is 10.0. The second kappa shape index (κ2) is 4.90. The standard InChI is InChI=1S/C11H19F2NOS/c1-10(2,3)16(15)14-8-9-5-4-6-11(12,13)7-9/h8-9H,4-7H2,1-3H3/b14-8+/t9-,16+/m0/s1. The van der Waals surface area contributed by atoms with Gasteiger partial charge in [-0.25, -0.2) is 13.0 Å². The number of nitrogens with zero attached hydrogens (tertiary/aromatic N) is 1. The fourth-order valence-electron chi connectivity index (χ4n) is 1.64. The van der Waals surface area contributed by atoms with E-state index in [0.717, 1.165) is 6.42 Å². The molecule has 5 heteroatoms. The molecule has 0 saturated heterocycles. The van der Waals surface area contributed by atoms with E-state index in [2.05, 4.69) is 4.40 Å². The van der Waals surface area contributed by atoms with Gasteiger partial charge in [-0.1, -0.05) is 0 Å². The molecule has 0 N–H and O–H groups in total. The van der Waals surface area contributed by atoms with Crippen molar-refractivity contribution in [1.29, 1.82) is 0 Å². The van der Waals surface area contributed by atoms with Crippen LogP contribution in [0.5, 0.6) is 0 Å². The molecule has 94 valence electrons. The van der Waals surface area contributed by atoms with Gasteiger partial charge < -0.3 is 0 Å². The Balaban J connectivity index is 2.55. The highest BCUT2D eigenvalue weighted by Crippen LogP contribution is 2.35. The predicted molar refractivity (Wildman–Crippen MR) is 63.3 cm³/mol. The van der Waals surface area contributed by atoms with E-state index < -0.39 is 21.7 Å². The highest BCUT2D eigenvalue weighted by Gasteiger charge is 2.35. The molecule has 1 fully saturated rings. The lowest BCUT2D eigenvalue weighted by atomic mass is 9.87. The van der Waals surface area contributed by atoms with E-state index in [9.17, 15) is 13.0 Å². The Morgan fingerprint density at radius 2 is 2.06 bits per heavy atom. The minimum absolute atomic E-state index is 0.0281. The van der Waals surface area contributed by atoms with Crippen molar-refractivity contribution in [2.45, 2.75) is 57.1 Å². The van der Waals surface area contributed by atoms with Gasteiger partial charge in [0.25, 0.3) is 0 Å². The molecule has 0 amide bonds. The quantitative estimate of drug-likeness (QED) is 0.692. The zero-order chi connectivity index (χ0) is 12.4. The monoisotopic (exact) mass is 251 g/mol. The van der Waals surface area contributed by atoms with Gasteiger partial charge in [-0.2, -0.15) is 4.40 Å². The van der Waals surface area contributed by atoms with Crippen LogP contribution in [0.15, 0.2) is 4.40 Å². The van der Waals surface area contributed by atoms with Crippen molar-refractivity contribution < 1.29 is 13.0 Å². The predicted octanol–water partition coefficient (Wildman–Crippen LogP) is 3.34. The maximum Gasteiger partial charge on any atom is 0.248 e. The van der Waals surface area contributed by atoms with Crippen LogP contribution in [0, 0.1) is 5.92 Å². The SMILES string of the molecule is CC(C)(C)[S@@](=O)/N=C/[C@H]1CCCC(F)(F)C1. The van der Waals surface area contributed by atoms with Crippen molar-refractivity contribution >= 4 is 17.2 Å². The van der Waals surface area contributed by atoms with Crippen molar-refractivity contribution in [3.8, 4) is 0 Å². The summed E-state index contributed by atoms with van der Waals surface area (Å²) in [5.74, 6) is -2.80. The van der Waals surface area contributed by atoms with E-state index in [1.54, 1.807) is 0 Å². The third-order valence-corrected chi connectivity index (χ3v) is 3.93. The normalized spacial score (nSPS) is 28.2. The summed E-state index contributed by atoms with van der Waals surface area (Å²) < 4.78 is 41.2. The van der Waals surface area contributed by atoms with Crippen LogP contribution in [0.3, 0.4) is 0 Å². The first-order chi connectivity index (χ1) is 7.21. The van der Waals surface area contributed by atoms with E-state index in [4.69, 9.17) is 0 Å². The lowest BCUT2D eigenvalue weighted by Crippen LogP contribution is -2.27. The van der Waals surface area contributed by atoms with Crippen LogP contribution >= 0.6 is 0 Å². The van der Waals surface area contributed by atoms with Crippen LogP contribution in [-0.4, -0.2) is 21.1 Å². The summed E-state index contributed by atoms with van der Waals surface area (Å²) >= 11 is 0. The van der Waals surface area contributed by atoms with Gasteiger partial charge in [0.2, 0.25) is 5.92 Å². The van der Waals surface area contributed by atoms with Crippen molar-refractivity contribution in [3.05, 3.63) is 0 Å². The second-order valence-corrected chi connectivity index (χ2v) is 7.26. The Hall–Kier alpha value is -0.320. The molecule has 0 aromatic carbocycles. The number of alkyl halides is 2. The third-order valence-electron chi connectivity index (χ3n) is 2.57. The maximum absolute atomic E-state index is 13.1. The molecule has 16 heavy (non-hydrogen) atoms. The zero-order valence-corrected chi connectivity index (χ0v) is 10.8. The molecule has 0 heterocycles. The molecule has 0 aromatic rings. The van der Waals surface area contributed by atoms with E-state index in [1.165, 1.54) is 6.21 Å². The summed E-state index contributed by atoms with van der Waals surface area (Å²) in [6.45, 7) is 5.45. The first-order valence-corrected chi connectivity index (χ1v) is 6.65. The summed E-state index contributed by atoms with van der Waals surface area (Å²) in [6.07, 6.45) is 2.53. The summed E-state index contributed by atoms with van der Waals surface area (Å²) in [7, 11) is -1.34. The fourth-order valence-corrected chi connectivity index (χ4v) is 2.24. The Kier molecular flexibility index (Phi) is 4.21. The van der Waals surface area contributed by atoms with Gasteiger partial charge >= 0.3 is 0 Å². The van der Waals surface area contributed by atoms with Crippen LogP contribution in [0.1, 0.15) is 46.5 Å². The van der Waals surface area contributed by atoms with E-state index >= 15 is 0 Å². The molecule has 0 aliphatic heterocycles. The largest absolute Gasteiger partial charge is 0.248 e. The molecule has 1 saturated carbocycles. The summed E-state index contributed by atoms with van der Waals surface area (Å²) in [4.78, 5) is 0. The maximum atomic E-state index is 13.1. The molecule has 2 nitrogen and oxygen atoms in total. The Labute approximate surface area is 98.1 Å². The molecule has 1 rings (SSSR count). The van der Waals surface area contributed by atoms with Gasteiger partial charge in [-0.15, -0.1) is 0 Å². The van der Waals surface area contributed by atoms with Crippen LogP contribution in [0.25, 0.3) is 0 Å². The van der Waals surface area contributed by atoms with Gasteiger partial charge in [0.05, 0.1) is 4.75 Å². The molecule has 0 bridgehead atoms. The lowest BCUT2D eigenvalue weighted by Gasteiger charge is -2.26. The first kappa shape index (κ1) is 13.7. The average Bonchev–Trinajstić information content (AvgIpc) is 2.11. The van der Waals surface area contributed by atoms with Gasteiger partial charge in [0, 0.05) is 25.0 Å². The average molecular weight is 251 g/mol. The van der Waals surface area contributed by atoms with Gasteiger partial charge in [-0.05, 0) is 33.6 Å². The van der Waals surface area contributed by atoms with E-state index in [-0.39, 0.29) is 18.8 Å². The van der Waals surface area contributed by atoms with Crippen molar-refractivity contribution in [3.63, 3.8) is 0 Å². The van der Waals surface area contributed by atoms with E-state index in [0.29, 0.717) is 6.42 Å². The Morgan fingerprint density at radius 1 is 1.44 bits per heavy atom. The Bertz CT molecular complexity index is 297. The highest BCUT2D eigenvalue weighted by molar-refractivity contribution is 7.85. The molecular formula is C11H19F2NOS. The molecule has 0 aromatic heterocycles. The summed E-state index contributed by atoms with van der Waals surface area (Å²) in [6, 6.07) is 0. The molecule has 2 atom stereocenters. The van der Waals surface area contributed by atoms with Gasteiger partial charge in [0.15, 0.2) is 0 Å². The van der Waals surface area contributed by atoms with Crippen LogP contribution in [-0.2, 0) is 11.0 Å². The third kappa shape index (κ3) is 4.28. The topological polar surface area (TPSA) is 29.4 Å². The molecule has 0 spiro atoms. The summed E-state index contributed by atoms with van der Waals surface area (Å²) in [5, 5.41) is 0. The van der Waals surface area contributed by atoms with Crippen LogP contribution in [0.4, 0.5) is 8.78 Å². The Morgan fingerprint density at radius 3 is 2.56 bits per heavy atom.